The number of thiocarbonyl (C=S) groups is 1. The van der Waals surface area contributed by atoms with E-state index in [4.69, 9.17) is 17.3 Å². The summed E-state index contributed by atoms with van der Waals surface area (Å²) in [5.74, 6) is 0. The van der Waals surface area contributed by atoms with Gasteiger partial charge in [-0.05, 0) is 34.8 Å². The quantitative estimate of drug-likeness (QED) is 0.468. The van der Waals surface area contributed by atoms with Crippen LogP contribution in [0.4, 0.5) is 0 Å². The predicted molar refractivity (Wildman–Crippen MR) is 98.9 cm³/mol. The van der Waals surface area contributed by atoms with Crippen LogP contribution in [0.15, 0.2) is 60.7 Å². The van der Waals surface area contributed by atoms with E-state index in [1.807, 2.05) is 31.2 Å². The number of hydrogen-bond donors (Lipinski definition) is 1. The zero-order valence-corrected chi connectivity index (χ0v) is 13.6. The summed E-state index contributed by atoms with van der Waals surface area (Å²) in [5, 5.41) is 9.03. The van der Waals surface area contributed by atoms with Crippen LogP contribution in [-0.2, 0) is 13.0 Å². The Hall–Kier alpha value is -2.03. The molecule has 1 nitrogen and oxygen atoms in total. The molecule has 2 heteroatoms. The number of benzene rings is 2. The zero-order chi connectivity index (χ0) is 15.9. The molecule has 0 aliphatic rings. The minimum absolute atomic E-state index is 0.0809. The Morgan fingerprint density at radius 3 is 1.82 bits per heavy atom. The van der Waals surface area contributed by atoms with Crippen LogP contribution in [0.2, 0.25) is 0 Å². The van der Waals surface area contributed by atoms with Crippen LogP contribution in [0.3, 0.4) is 0 Å². The number of hydrogen-bond acceptors (Lipinski definition) is 2. The first-order valence-electron chi connectivity index (χ1n) is 7.24. The van der Waals surface area contributed by atoms with Crippen molar-refractivity contribution < 1.29 is 5.11 Å². The maximum absolute atomic E-state index is 9.03. The average Bonchev–Trinajstić information content (AvgIpc) is 2.54. The number of rotatable bonds is 6. The second-order valence-electron chi connectivity index (χ2n) is 5.35. The molecule has 0 amide bonds. The van der Waals surface area contributed by atoms with E-state index in [-0.39, 0.29) is 6.61 Å². The van der Waals surface area contributed by atoms with Gasteiger partial charge in [0.2, 0.25) is 0 Å². The number of aliphatic hydroxyl groups is 1. The molecule has 112 valence electrons. The highest BCUT2D eigenvalue weighted by Gasteiger charge is 1.99. The molecule has 0 radical (unpaired) electrons. The molecule has 2 aromatic rings. The van der Waals surface area contributed by atoms with Gasteiger partial charge in [-0.3, -0.25) is 0 Å². The molecule has 0 aliphatic heterocycles. The number of allylic oxidation sites excluding steroid dienone is 1. The summed E-state index contributed by atoms with van der Waals surface area (Å²) in [7, 11) is 0. The van der Waals surface area contributed by atoms with E-state index >= 15 is 0 Å². The summed E-state index contributed by atoms with van der Waals surface area (Å²) in [4.78, 5) is 0.910. The van der Waals surface area contributed by atoms with E-state index in [0.717, 1.165) is 33.5 Å². The summed E-state index contributed by atoms with van der Waals surface area (Å²) in [6.07, 6.45) is 4.92. The lowest BCUT2D eigenvalue weighted by molar-refractivity contribution is 0.282. The summed E-state index contributed by atoms with van der Waals surface area (Å²) >= 11 is 5.30. The Morgan fingerprint density at radius 1 is 0.955 bits per heavy atom. The largest absolute Gasteiger partial charge is 0.392 e. The van der Waals surface area contributed by atoms with Crippen molar-refractivity contribution in [3.8, 4) is 0 Å². The molecule has 0 aromatic heterocycles. The molecule has 22 heavy (non-hydrogen) atoms. The van der Waals surface area contributed by atoms with Crippen LogP contribution in [0, 0.1) is 0 Å². The van der Waals surface area contributed by atoms with Gasteiger partial charge in [0.1, 0.15) is 0 Å². The molecule has 0 heterocycles. The predicted octanol–water partition coefficient (Wildman–Crippen LogP) is 4.84. The lowest BCUT2D eigenvalue weighted by Crippen LogP contribution is -2.00. The maximum Gasteiger partial charge on any atom is 0.0681 e. The van der Waals surface area contributed by atoms with Gasteiger partial charge in [-0.2, -0.15) is 0 Å². The Balaban J connectivity index is 2.02. The van der Waals surface area contributed by atoms with E-state index < -0.39 is 0 Å². The summed E-state index contributed by atoms with van der Waals surface area (Å²) < 4.78 is 0. The average molecular weight is 308 g/mol. The normalized spacial score (nSPS) is 10.8. The van der Waals surface area contributed by atoms with Gasteiger partial charge in [0, 0.05) is 11.3 Å². The first-order chi connectivity index (χ1) is 10.6. The SMILES string of the molecule is C=C(C)C(=S)Cc1ccc(C=Cc2ccc(CO)cc2)cc1. The summed E-state index contributed by atoms with van der Waals surface area (Å²) in [6.45, 7) is 5.90. The zero-order valence-electron chi connectivity index (χ0n) is 12.8. The Bertz CT molecular complexity index is 679. The highest BCUT2D eigenvalue weighted by atomic mass is 32.1. The van der Waals surface area contributed by atoms with E-state index in [2.05, 4.69) is 43.0 Å². The summed E-state index contributed by atoms with van der Waals surface area (Å²) in [6, 6.07) is 16.3. The van der Waals surface area contributed by atoms with Crippen molar-refractivity contribution in [1.82, 2.24) is 0 Å². The fourth-order valence-electron chi connectivity index (χ4n) is 2.01. The van der Waals surface area contributed by atoms with Crippen molar-refractivity contribution in [1.29, 1.82) is 0 Å². The lowest BCUT2D eigenvalue weighted by atomic mass is 10.0. The van der Waals surface area contributed by atoms with Crippen molar-refractivity contribution in [2.45, 2.75) is 20.0 Å². The van der Waals surface area contributed by atoms with Crippen LogP contribution >= 0.6 is 12.2 Å². The second kappa shape index (κ2) is 7.83. The molecule has 0 fully saturated rings. The Labute approximate surface area is 137 Å². The van der Waals surface area contributed by atoms with Gasteiger partial charge in [0.15, 0.2) is 0 Å². The van der Waals surface area contributed by atoms with Gasteiger partial charge < -0.3 is 5.11 Å². The molecule has 2 aromatic carbocycles. The molecular weight excluding hydrogens is 288 g/mol. The molecule has 0 atom stereocenters. The standard InChI is InChI=1S/C20H20OS/c1-15(2)20(22)13-18-9-5-16(6-10-18)3-4-17-7-11-19(14-21)12-8-17/h3-12,21H,1,13-14H2,2H3. The lowest BCUT2D eigenvalue weighted by Gasteiger charge is -2.04. The van der Waals surface area contributed by atoms with Gasteiger partial charge in [0.25, 0.3) is 0 Å². The van der Waals surface area contributed by atoms with Crippen molar-refractivity contribution in [3.05, 3.63) is 82.9 Å². The fraction of sp³-hybridized carbons (Fsp3) is 0.150. The second-order valence-corrected chi connectivity index (χ2v) is 5.85. The highest BCUT2D eigenvalue weighted by molar-refractivity contribution is 7.80. The van der Waals surface area contributed by atoms with Gasteiger partial charge in [0.05, 0.1) is 6.61 Å². The smallest absolute Gasteiger partial charge is 0.0681 e. The topological polar surface area (TPSA) is 20.2 Å². The molecule has 0 spiro atoms. The van der Waals surface area contributed by atoms with E-state index in [9.17, 15) is 0 Å². The molecule has 0 bridgehead atoms. The number of aliphatic hydroxyl groups excluding tert-OH is 1. The minimum Gasteiger partial charge on any atom is -0.392 e. The van der Waals surface area contributed by atoms with E-state index in [0.29, 0.717) is 0 Å². The van der Waals surface area contributed by atoms with Gasteiger partial charge in [-0.1, -0.05) is 79.5 Å². The monoisotopic (exact) mass is 308 g/mol. The van der Waals surface area contributed by atoms with Crippen LogP contribution in [0.1, 0.15) is 29.2 Å². The van der Waals surface area contributed by atoms with Crippen molar-refractivity contribution in [2.75, 3.05) is 0 Å². The highest BCUT2D eigenvalue weighted by Crippen LogP contribution is 2.12. The van der Waals surface area contributed by atoms with Crippen LogP contribution < -0.4 is 0 Å². The molecule has 0 saturated carbocycles. The molecule has 2 rings (SSSR count). The van der Waals surface area contributed by atoms with Crippen LogP contribution in [-0.4, -0.2) is 9.97 Å². The first kappa shape index (κ1) is 16.3. The molecule has 0 aliphatic carbocycles. The third kappa shape index (κ3) is 4.76. The Morgan fingerprint density at radius 2 is 1.41 bits per heavy atom. The first-order valence-corrected chi connectivity index (χ1v) is 7.65. The van der Waals surface area contributed by atoms with E-state index in [1.165, 1.54) is 5.56 Å². The molecular formula is C20H20OS. The Kier molecular flexibility index (Phi) is 5.82. The molecule has 0 saturated heterocycles. The van der Waals surface area contributed by atoms with Crippen LogP contribution in [0.5, 0.6) is 0 Å². The third-order valence-electron chi connectivity index (χ3n) is 3.45. The van der Waals surface area contributed by atoms with Crippen molar-refractivity contribution in [2.24, 2.45) is 0 Å². The van der Waals surface area contributed by atoms with E-state index in [1.54, 1.807) is 0 Å². The van der Waals surface area contributed by atoms with Crippen molar-refractivity contribution >= 4 is 29.2 Å². The minimum atomic E-state index is 0.0809. The fourth-order valence-corrected chi connectivity index (χ4v) is 2.18. The maximum atomic E-state index is 9.03. The summed E-state index contributed by atoms with van der Waals surface area (Å²) in [5.41, 5.74) is 5.36. The van der Waals surface area contributed by atoms with Gasteiger partial charge in [-0.25, -0.2) is 0 Å². The molecule has 0 unspecified atom stereocenters. The van der Waals surface area contributed by atoms with Crippen LogP contribution in [0.25, 0.3) is 12.2 Å². The van der Waals surface area contributed by atoms with Gasteiger partial charge in [-0.15, -0.1) is 0 Å². The van der Waals surface area contributed by atoms with Gasteiger partial charge >= 0.3 is 0 Å². The third-order valence-corrected chi connectivity index (χ3v) is 3.94. The molecule has 1 N–H and O–H groups in total. The van der Waals surface area contributed by atoms with Crippen molar-refractivity contribution in [3.63, 3.8) is 0 Å².